The molecule has 2 fully saturated rings. The number of hydrogen-bond acceptors (Lipinski definition) is 7. The average Bonchev–Trinajstić information content (AvgIpc) is 2.76. The molecule has 1 aromatic heterocycles. The van der Waals surface area contributed by atoms with Gasteiger partial charge in [0, 0.05) is 18.2 Å². The van der Waals surface area contributed by atoms with Gasteiger partial charge in [0.15, 0.2) is 0 Å². The van der Waals surface area contributed by atoms with E-state index < -0.39 is 37.5 Å². The summed E-state index contributed by atoms with van der Waals surface area (Å²) in [5, 5.41) is 0. The Morgan fingerprint density at radius 2 is 2.27 bits per heavy atom. The van der Waals surface area contributed by atoms with Gasteiger partial charge in [-0.3, -0.25) is 27.9 Å². The predicted molar refractivity (Wildman–Crippen MR) is 74.5 cm³/mol. The van der Waals surface area contributed by atoms with Gasteiger partial charge in [0.25, 0.3) is 5.56 Å². The highest BCUT2D eigenvalue weighted by atomic mass is 31.2. The molecule has 10 heteroatoms. The van der Waals surface area contributed by atoms with Crippen LogP contribution >= 0.6 is 7.82 Å². The van der Waals surface area contributed by atoms with E-state index in [0.29, 0.717) is 0 Å². The van der Waals surface area contributed by atoms with Crippen LogP contribution in [0.2, 0.25) is 0 Å². The molecular formula is C12H17N2O7P. The highest BCUT2D eigenvalue weighted by molar-refractivity contribution is 7.48. The van der Waals surface area contributed by atoms with Crippen LogP contribution in [0.25, 0.3) is 0 Å². The highest BCUT2D eigenvalue weighted by Crippen LogP contribution is 2.57. The minimum atomic E-state index is -3.58. The number of hydrogen-bond donors (Lipinski definition) is 1. The number of nitrogens with zero attached hydrogens (tertiary/aromatic N) is 1. The van der Waals surface area contributed by atoms with Gasteiger partial charge in [-0.15, -0.1) is 0 Å². The van der Waals surface area contributed by atoms with Crippen molar-refractivity contribution in [2.45, 2.75) is 32.3 Å². The Hall–Kier alpha value is -1.25. The Morgan fingerprint density at radius 1 is 1.50 bits per heavy atom. The second-order valence-electron chi connectivity index (χ2n) is 5.17. The second kappa shape index (κ2) is 5.75. The van der Waals surface area contributed by atoms with Gasteiger partial charge in [-0.2, -0.15) is 0 Å². The summed E-state index contributed by atoms with van der Waals surface area (Å²) in [6, 6.07) is 1.24. The topological polar surface area (TPSA) is 109 Å². The fraction of sp³-hybridized carbons (Fsp3) is 0.667. The summed E-state index contributed by atoms with van der Waals surface area (Å²) >= 11 is 0. The number of ether oxygens (including phenoxy) is 1. The molecule has 0 saturated carbocycles. The maximum atomic E-state index is 12.2. The fourth-order valence-electron chi connectivity index (χ4n) is 2.70. The largest absolute Gasteiger partial charge is 0.475 e. The van der Waals surface area contributed by atoms with Gasteiger partial charge in [0.2, 0.25) is 0 Å². The van der Waals surface area contributed by atoms with Crippen LogP contribution in [0.5, 0.6) is 0 Å². The molecule has 0 aromatic carbocycles. The Labute approximate surface area is 125 Å². The number of aromatic amines is 1. The molecule has 1 aromatic rings. The lowest BCUT2D eigenvalue weighted by Gasteiger charge is -2.31. The molecule has 22 heavy (non-hydrogen) atoms. The summed E-state index contributed by atoms with van der Waals surface area (Å²) in [5.74, 6) is -0.272. The quantitative estimate of drug-likeness (QED) is 0.809. The maximum Gasteiger partial charge on any atom is 0.475 e. The summed E-state index contributed by atoms with van der Waals surface area (Å²) in [6.45, 7) is 3.76. The van der Waals surface area contributed by atoms with Gasteiger partial charge in [0.05, 0.1) is 13.2 Å². The van der Waals surface area contributed by atoms with E-state index in [0.717, 1.165) is 0 Å². The smallest absolute Gasteiger partial charge is 0.349 e. The number of aromatic nitrogens is 2. The fourth-order valence-corrected chi connectivity index (χ4v) is 4.16. The molecule has 2 aliphatic rings. The summed E-state index contributed by atoms with van der Waals surface area (Å²) in [7, 11) is -3.58. The van der Waals surface area contributed by atoms with Gasteiger partial charge in [-0.1, -0.05) is 6.92 Å². The van der Waals surface area contributed by atoms with Crippen molar-refractivity contribution in [2.75, 3.05) is 13.2 Å². The summed E-state index contributed by atoms with van der Waals surface area (Å²) in [4.78, 5) is 25.2. The molecule has 2 aliphatic heterocycles. The number of H-pyrrole nitrogens is 1. The normalized spacial score (nSPS) is 37.9. The zero-order chi connectivity index (χ0) is 15.9. The third kappa shape index (κ3) is 2.70. The van der Waals surface area contributed by atoms with Gasteiger partial charge in [0.1, 0.15) is 18.4 Å². The van der Waals surface area contributed by atoms with Crippen molar-refractivity contribution in [3.63, 3.8) is 0 Å². The van der Waals surface area contributed by atoms with Crippen LogP contribution in [0.15, 0.2) is 21.9 Å². The van der Waals surface area contributed by atoms with Crippen molar-refractivity contribution in [1.29, 1.82) is 0 Å². The van der Waals surface area contributed by atoms with Crippen molar-refractivity contribution in [3.05, 3.63) is 33.1 Å². The zero-order valence-corrected chi connectivity index (χ0v) is 13.0. The molecule has 0 bridgehead atoms. The van der Waals surface area contributed by atoms with Crippen LogP contribution in [0.4, 0.5) is 0 Å². The number of fused-ring (bicyclic) bond motifs is 1. The highest BCUT2D eigenvalue weighted by Gasteiger charge is 2.52. The number of phosphoric acid groups is 1. The third-order valence-corrected chi connectivity index (χ3v) is 5.25. The zero-order valence-electron chi connectivity index (χ0n) is 12.1. The van der Waals surface area contributed by atoms with Crippen molar-refractivity contribution < 1.29 is 22.9 Å². The van der Waals surface area contributed by atoms with Crippen molar-refractivity contribution in [3.8, 4) is 0 Å². The minimum Gasteiger partial charge on any atom is -0.349 e. The van der Waals surface area contributed by atoms with E-state index in [4.69, 9.17) is 18.3 Å². The number of phosphoric ester groups is 1. The summed E-state index contributed by atoms with van der Waals surface area (Å²) < 4.78 is 34.9. The Bertz CT molecular complexity index is 714. The molecule has 0 radical (unpaired) electrons. The molecule has 5 atom stereocenters. The number of rotatable bonds is 3. The summed E-state index contributed by atoms with van der Waals surface area (Å²) in [5.41, 5.74) is -1.05. The Balaban J connectivity index is 1.85. The van der Waals surface area contributed by atoms with Crippen LogP contribution in [0.3, 0.4) is 0 Å². The lowest BCUT2D eigenvalue weighted by atomic mass is 10.0. The maximum absolute atomic E-state index is 12.2. The lowest BCUT2D eigenvalue weighted by molar-refractivity contribution is -0.0718. The molecule has 0 spiro atoms. The van der Waals surface area contributed by atoms with E-state index in [-0.39, 0.29) is 19.1 Å². The van der Waals surface area contributed by atoms with Crippen molar-refractivity contribution >= 4 is 7.82 Å². The molecule has 2 saturated heterocycles. The monoisotopic (exact) mass is 332 g/mol. The third-order valence-electron chi connectivity index (χ3n) is 3.71. The molecule has 9 nitrogen and oxygen atoms in total. The van der Waals surface area contributed by atoms with E-state index in [1.54, 1.807) is 6.92 Å². The van der Waals surface area contributed by atoms with Crippen molar-refractivity contribution in [2.24, 2.45) is 5.92 Å². The Morgan fingerprint density at radius 3 is 2.95 bits per heavy atom. The van der Waals surface area contributed by atoms with Gasteiger partial charge in [-0.25, -0.2) is 9.36 Å². The van der Waals surface area contributed by atoms with Crippen LogP contribution in [-0.2, 0) is 22.9 Å². The van der Waals surface area contributed by atoms with Crippen LogP contribution < -0.4 is 11.2 Å². The van der Waals surface area contributed by atoms with Crippen molar-refractivity contribution in [1.82, 2.24) is 9.55 Å². The van der Waals surface area contributed by atoms with Gasteiger partial charge < -0.3 is 4.74 Å². The number of nitrogens with one attached hydrogen (secondary N) is 1. The lowest BCUT2D eigenvalue weighted by Crippen LogP contribution is -2.36. The molecule has 0 aliphatic carbocycles. The first-order valence-corrected chi connectivity index (χ1v) is 8.44. The first-order chi connectivity index (χ1) is 10.4. The van der Waals surface area contributed by atoms with E-state index in [1.165, 1.54) is 16.8 Å². The molecule has 0 unspecified atom stereocenters. The molecule has 3 rings (SSSR count). The van der Waals surface area contributed by atoms with E-state index in [9.17, 15) is 14.2 Å². The minimum absolute atomic E-state index is 0.0564. The van der Waals surface area contributed by atoms with E-state index in [2.05, 4.69) is 4.98 Å². The molecule has 122 valence electrons. The molecule has 0 amide bonds. The van der Waals surface area contributed by atoms with Crippen LogP contribution in [0, 0.1) is 5.92 Å². The SMILES string of the molecule is CCO[P@]1(=O)OC[C@H]2O[C@@H](n3ccc(=O)[nH]c3=O)[C@@H](C)[C@@H]2O1. The van der Waals surface area contributed by atoms with E-state index in [1.807, 2.05) is 6.92 Å². The first kappa shape index (κ1) is 15.6. The first-order valence-electron chi connectivity index (χ1n) is 6.98. The molecule has 3 heterocycles. The average molecular weight is 332 g/mol. The van der Waals surface area contributed by atoms with Gasteiger partial charge >= 0.3 is 13.5 Å². The standard InChI is InChI=1S/C12H17N2O7P/c1-3-18-22(17)19-6-8-10(21-22)7(2)11(20-8)14-5-4-9(15)13-12(14)16/h4-5,7-8,10-11H,3,6H2,1-2H3,(H,13,15,16)/t7-,8+,10-,11+,22+/m0/s1. The van der Waals surface area contributed by atoms with E-state index >= 15 is 0 Å². The van der Waals surface area contributed by atoms with Crippen LogP contribution in [-0.4, -0.2) is 35.0 Å². The molecule has 1 N–H and O–H groups in total. The Kier molecular flexibility index (Phi) is 4.09. The predicted octanol–water partition coefficient (Wildman–Crippen LogP) is 0.630. The molecular weight excluding hydrogens is 315 g/mol. The van der Waals surface area contributed by atoms with Gasteiger partial charge in [-0.05, 0) is 6.92 Å². The second-order valence-corrected chi connectivity index (χ2v) is 6.79. The summed E-state index contributed by atoms with van der Waals surface area (Å²) in [6.07, 6.45) is -0.254. The van der Waals surface area contributed by atoms with Crippen LogP contribution in [0.1, 0.15) is 20.1 Å².